The standard InChI is InChI=1S/C19H22N4O2/c1-12(2)18-21-17(22-25-18)15-4-3-9-23(11-15)19(24)14-5-6-16-13(10-14)7-8-20-16/h5-8,10,12,15,20H,3-4,9,11H2,1-2H3. The van der Waals surface area contributed by atoms with E-state index in [2.05, 4.69) is 15.1 Å². The summed E-state index contributed by atoms with van der Waals surface area (Å²) in [5.41, 5.74) is 1.77. The lowest BCUT2D eigenvalue weighted by molar-refractivity contribution is 0.0704. The molecule has 25 heavy (non-hydrogen) atoms. The summed E-state index contributed by atoms with van der Waals surface area (Å²) in [7, 11) is 0. The predicted molar refractivity (Wildman–Crippen MR) is 94.6 cm³/mol. The van der Waals surface area contributed by atoms with E-state index < -0.39 is 0 Å². The van der Waals surface area contributed by atoms with Gasteiger partial charge in [-0.15, -0.1) is 0 Å². The fourth-order valence-corrected chi connectivity index (χ4v) is 3.39. The molecule has 1 amide bonds. The topological polar surface area (TPSA) is 75.0 Å². The van der Waals surface area contributed by atoms with Crippen molar-refractivity contribution in [1.82, 2.24) is 20.0 Å². The quantitative estimate of drug-likeness (QED) is 0.790. The van der Waals surface area contributed by atoms with Crippen LogP contribution in [0, 0.1) is 0 Å². The third kappa shape index (κ3) is 3.04. The van der Waals surface area contributed by atoms with Gasteiger partial charge in [-0.2, -0.15) is 4.98 Å². The lowest BCUT2D eigenvalue weighted by Crippen LogP contribution is -2.39. The number of hydrogen-bond acceptors (Lipinski definition) is 4. The van der Waals surface area contributed by atoms with Crippen LogP contribution in [0.4, 0.5) is 0 Å². The Morgan fingerprint density at radius 1 is 1.36 bits per heavy atom. The number of rotatable bonds is 3. The van der Waals surface area contributed by atoms with Crippen molar-refractivity contribution in [2.75, 3.05) is 13.1 Å². The van der Waals surface area contributed by atoms with Gasteiger partial charge < -0.3 is 14.4 Å². The SMILES string of the molecule is CC(C)c1nc(C2CCCN(C(=O)c3ccc4[nH]ccc4c3)C2)no1. The van der Waals surface area contributed by atoms with Crippen LogP contribution in [0.1, 0.15) is 60.6 Å². The van der Waals surface area contributed by atoms with E-state index >= 15 is 0 Å². The van der Waals surface area contributed by atoms with Gasteiger partial charge in [-0.05, 0) is 37.1 Å². The first-order valence-electron chi connectivity index (χ1n) is 8.81. The molecule has 2 aromatic heterocycles. The molecule has 1 N–H and O–H groups in total. The first-order valence-corrected chi connectivity index (χ1v) is 8.81. The minimum Gasteiger partial charge on any atom is -0.361 e. The van der Waals surface area contributed by atoms with E-state index in [1.165, 1.54) is 0 Å². The lowest BCUT2D eigenvalue weighted by Gasteiger charge is -2.31. The fourth-order valence-electron chi connectivity index (χ4n) is 3.39. The van der Waals surface area contributed by atoms with Gasteiger partial charge in [0.25, 0.3) is 5.91 Å². The zero-order valence-corrected chi connectivity index (χ0v) is 14.5. The molecule has 1 aliphatic rings. The van der Waals surface area contributed by atoms with Crippen molar-refractivity contribution in [1.29, 1.82) is 0 Å². The van der Waals surface area contributed by atoms with E-state index in [0.717, 1.165) is 41.7 Å². The number of fused-ring (bicyclic) bond motifs is 1. The van der Waals surface area contributed by atoms with Gasteiger partial charge in [-0.1, -0.05) is 19.0 Å². The molecule has 6 nitrogen and oxygen atoms in total. The number of carbonyl (C=O) groups excluding carboxylic acids is 1. The Hall–Kier alpha value is -2.63. The summed E-state index contributed by atoms with van der Waals surface area (Å²) in [5, 5.41) is 5.19. The van der Waals surface area contributed by atoms with Crippen molar-refractivity contribution in [2.45, 2.75) is 38.5 Å². The molecule has 0 radical (unpaired) electrons. The molecule has 1 aromatic carbocycles. The summed E-state index contributed by atoms with van der Waals surface area (Å²) in [6, 6.07) is 7.77. The molecular formula is C19H22N4O2. The molecule has 1 atom stereocenters. The Labute approximate surface area is 146 Å². The smallest absolute Gasteiger partial charge is 0.253 e. The maximum Gasteiger partial charge on any atom is 0.253 e. The Kier molecular flexibility index (Phi) is 4.03. The summed E-state index contributed by atoms with van der Waals surface area (Å²) in [6.07, 6.45) is 3.82. The molecule has 0 saturated carbocycles. The van der Waals surface area contributed by atoms with Crippen molar-refractivity contribution >= 4 is 16.8 Å². The van der Waals surface area contributed by atoms with Gasteiger partial charge in [0.05, 0.1) is 0 Å². The Morgan fingerprint density at radius 3 is 3.04 bits per heavy atom. The first kappa shape index (κ1) is 15.9. The molecule has 3 heterocycles. The largest absolute Gasteiger partial charge is 0.361 e. The number of nitrogens with one attached hydrogen (secondary N) is 1. The van der Waals surface area contributed by atoms with Crippen LogP contribution in [-0.4, -0.2) is 39.0 Å². The molecule has 1 unspecified atom stereocenters. The number of hydrogen-bond donors (Lipinski definition) is 1. The van der Waals surface area contributed by atoms with Crippen LogP contribution in [0.15, 0.2) is 35.0 Å². The maximum absolute atomic E-state index is 12.9. The average Bonchev–Trinajstić information content (AvgIpc) is 3.30. The van der Waals surface area contributed by atoms with Crippen LogP contribution in [0.2, 0.25) is 0 Å². The van der Waals surface area contributed by atoms with E-state index in [0.29, 0.717) is 12.4 Å². The predicted octanol–water partition coefficient (Wildman–Crippen LogP) is 3.69. The second-order valence-corrected chi connectivity index (χ2v) is 7.02. The minimum absolute atomic E-state index is 0.0698. The Bertz CT molecular complexity index is 896. The summed E-state index contributed by atoms with van der Waals surface area (Å²) in [5.74, 6) is 1.82. The average molecular weight is 338 g/mol. The molecule has 1 saturated heterocycles. The van der Waals surface area contributed by atoms with Crippen molar-refractivity contribution in [2.24, 2.45) is 0 Å². The number of benzene rings is 1. The van der Waals surface area contributed by atoms with Crippen molar-refractivity contribution in [3.63, 3.8) is 0 Å². The van der Waals surface area contributed by atoms with Crippen molar-refractivity contribution in [3.8, 4) is 0 Å². The number of nitrogens with zero attached hydrogens (tertiary/aromatic N) is 3. The van der Waals surface area contributed by atoms with E-state index in [-0.39, 0.29) is 17.7 Å². The molecule has 4 rings (SSSR count). The van der Waals surface area contributed by atoms with E-state index in [4.69, 9.17) is 4.52 Å². The Balaban J connectivity index is 1.52. The zero-order valence-electron chi connectivity index (χ0n) is 14.5. The molecular weight excluding hydrogens is 316 g/mol. The van der Waals surface area contributed by atoms with Crippen molar-refractivity contribution in [3.05, 3.63) is 47.7 Å². The van der Waals surface area contributed by atoms with Crippen LogP contribution in [-0.2, 0) is 0 Å². The second-order valence-electron chi connectivity index (χ2n) is 7.02. The number of carbonyl (C=O) groups is 1. The number of piperidine rings is 1. The Morgan fingerprint density at radius 2 is 2.24 bits per heavy atom. The number of aromatic nitrogens is 3. The molecule has 6 heteroatoms. The fraction of sp³-hybridized carbons (Fsp3) is 0.421. The third-order valence-corrected chi connectivity index (χ3v) is 4.83. The van der Waals surface area contributed by atoms with Gasteiger partial charge in [0, 0.05) is 47.6 Å². The number of aromatic amines is 1. The summed E-state index contributed by atoms with van der Waals surface area (Å²) in [4.78, 5) is 22.5. The molecule has 1 fully saturated rings. The molecule has 0 aliphatic carbocycles. The van der Waals surface area contributed by atoms with Crippen LogP contribution >= 0.6 is 0 Å². The highest BCUT2D eigenvalue weighted by atomic mass is 16.5. The number of amides is 1. The van der Waals surface area contributed by atoms with E-state index in [1.807, 2.05) is 49.2 Å². The molecule has 0 spiro atoms. The lowest BCUT2D eigenvalue weighted by atomic mass is 9.96. The van der Waals surface area contributed by atoms with E-state index in [1.54, 1.807) is 0 Å². The van der Waals surface area contributed by atoms with Crippen molar-refractivity contribution < 1.29 is 9.32 Å². The van der Waals surface area contributed by atoms with Crippen LogP contribution in [0.3, 0.4) is 0 Å². The molecule has 1 aliphatic heterocycles. The van der Waals surface area contributed by atoms with Gasteiger partial charge in [-0.3, -0.25) is 4.79 Å². The summed E-state index contributed by atoms with van der Waals surface area (Å²) < 4.78 is 5.33. The van der Waals surface area contributed by atoms with Gasteiger partial charge in [-0.25, -0.2) is 0 Å². The number of likely N-dealkylation sites (tertiary alicyclic amines) is 1. The second kappa shape index (κ2) is 6.35. The minimum atomic E-state index is 0.0698. The van der Waals surface area contributed by atoms with Gasteiger partial charge in [0.15, 0.2) is 5.82 Å². The molecule has 130 valence electrons. The molecule has 3 aromatic rings. The van der Waals surface area contributed by atoms with Gasteiger partial charge >= 0.3 is 0 Å². The third-order valence-electron chi connectivity index (χ3n) is 4.83. The monoisotopic (exact) mass is 338 g/mol. The van der Waals surface area contributed by atoms with Gasteiger partial charge in [0.1, 0.15) is 0 Å². The number of H-pyrrole nitrogens is 1. The first-order chi connectivity index (χ1) is 12.1. The van der Waals surface area contributed by atoms with Crippen LogP contribution in [0.25, 0.3) is 10.9 Å². The zero-order chi connectivity index (χ0) is 17.4. The van der Waals surface area contributed by atoms with Crippen LogP contribution < -0.4 is 0 Å². The molecule has 0 bridgehead atoms. The normalized spacial score (nSPS) is 18.2. The highest BCUT2D eigenvalue weighted by molar-refractivity contribution is 5.98. The maximum atomic E-state index is 12.9. The van der Waals surface area contributed by atoms with Gasteiger partial charge in [0.2, 0.25) is 5.89 Å². The highest BCUT2D eigenvalue weighted by Crippen LogP contribution is 2.27. The summed E-state index contributed by atoms with van der Waals surface area (Å²) >= 11 is 0. The van der Waals surface area contributed by atoms with E-state index in [9.17, 15) is 4.79 Å². The highest BCUT2D eigenvalue weighted by Gasteiger charge is 2.29. The van der Waals surface area contributed by atoms with Crippen LogP contribution in [0.5, 0.6) is 0 Å². The summed E-state index contributed by atoms with van der Waals surface area (Å²) in [6.45, 7) is 5.48.